The molecule has 0 unspecified atom stereocenters. The molecule has 4 aromatic heterocycles. The molecule has 4 nitrogen and oxygen atoms in total. The van der Waals surface area contributed by atoms with E-state index in [4.69, 9.17) is 0 Å². The summed E-state index contributed by atoms with van der Waals surface area (Å²) in [5, 5.41) is 30.5. The Balaban J connectivity index is 1.29. The summed E-state index contributed by atoms with van der Waals surface area (Å²) in [5.74, 6) is 0. The highest BCUT2D eigenvalue weighted by molar-refractivity contribution is 7.27. The largest absolute Gasteiger partial charge is 0.416 e. The number of benzene rings is 8. The van der Waals surface area contributed by atoms with Crippen molar-refractivity contribution in [2.24, 2.45) is 0 Å². The van der Waals surface area contributed by atoms with Gasteiger partial charge in [-0.15, -0.1) is 22.7 Å². The van der Waals surface area contributed by atoms with E-state index in [9.17, 15) is 23.7 Å². The van der Waals surface area contributed by atoms with Gasteiger partial charge in [0.1, 0.15) is 11.6 Å². The molecule has 0 aliphatic rings. The maximum Gasteiger partial charge on any atom is 0.416 e. The van der Waals surface area contributed by atoms with Crippen LogP contribution < -0.4 is 0 Å². The molecular formula is C51H25F3N4S2. The SMILES string of the molecule is N#Cc1cc(C(F)(F)F)ccc1-c1cc(-n2c3ccccc3c3ccc4c5ccccc5sc4c32)c(C#N)c(-n2c3ccccc3c3ccc4c5ccccc5sc4c32)c1. The Labute approximate surface area is 347 Å². The fourth-order valence-corrected chi connectivity index (χ4v) is 11.7. The van der Waals surface area contributed by atoms with Gasteiger partial charge in [0.2, 0.25) is 0 Å². The van der Waals surface area contributed by atoms with Gasteiger partial charge in [0.05, 0.1) is 60.0 Å². The van der Waals surface area contributed by atoms with Gasteiger partial charge in [-0.2, -0.15) is 23.7 Å². The fourth-order valence-electron chi connectivity index (χ4n) is 9.26. The first-order valence-electron chi connectivity index (χ1n) is 19.2. The number of rotatable bonds is 3. The summed E-state index contributed by atoms with van der Waals surface area (Å²) in [5.41, 5.74) is 4.91. The van der Waals surface area contributed by atoms with E-state index in [2.05, 4.69) is 81.9 Å². The highest BCUT2D eigenvalue weighted by atomic mass is 32.1. The summed E-state index contributed by atoms with van der Waals surface area (Å²) in [6, 6.07) is 53.2. The van der Waals surface area contributed by atoms with Crippen LogP contribution in [0.15, 0.2) is 152 Å². The topological polar surface area (TPSA) is 57.4 Å². The third-order valence-corrected chi connectivity index (χ3v) is 14.2. The van der Waals surface area contributed by atoms with Crippen molar-refractivity contribution in [2.45, 2.75) is 6.18 Å². The molecule has 0 bridgehead atoms. The summed E-state index contributed by atoms with van der Waals surface area (Å²) in [6.45, 7) is 0. The molecule has 0 aliphatic carbocycles. The molecule has 0 aliphatic heterocycles. The Morgan fingerprint density at radius 2 is 0.933 bits per heavy atom. The van der Waals surface area contributed by atoms with E-state index < -0.39 is 11.7 Å². The fraction of sp³-hybridized carbons (Fsp3) is 0.0196. The molecule has 0 saturated carbocycles. The minimum absolute atomic E-state index is 0.116. The minimum atomic E-state index is -4.64. The van der Waals surface area contributed by atoms with E-state index in [0.29, 0.717) is 28.1 Å². The van der Waals surface area contributed by atoms with Crippen LogP contribution in [0, 0.1) is 22.7 Å². The monoisotopic (exact) mass is 814 g/mol. The van der Waals surface area contributed by atoms with Gasteiger partial charge in [-0.3, -0.25) is 0 Å². The Morgan fingerprint density at radius 3 is 1.42 bits per heavy atom. The minimum Gasteiger partial charge on any atom is -0.306 e. The highest BCUT2D eigenvalue weighted by Crippen LogP contribution is 2.47. The van der Waals surface area contributed by atoms with E-state index >= 15 is 0 Å². The van der Waals surface area contributed by atoms with Crippen LogP contribution in [0.4, 0.5) is 13.2 Å². The number of para-hydroxylation sites is 2. The quantitative estimate of drug-likeness (QED) is 0.178. The van der Waals surface area contributed by atoms with Gasteiger partial charge in [-0.1, -0.05) is 103 Å². The zero-order valence-corrected chi connectivity index (χ0v) is 32.8. The third-order valence-electron chi connectivity index (χ3n) is 11.8. The van der Waals surface area contributed by atoms with E-state index in [1.54, 1.807) is 22.7 Å². The van der Waals surface area contributed by atoms with Crippen LogP contribution in [0.2, 0.25) is 0 Å². The molecule has 0 atom stereocenters. The summed E-state index contributed by atoms with van der Waals surface area (Å²) in [4.78, 5) is 0. The number of hydrogen-bond donors (Lipinski definition) is 0. The molecule has 12 rings (SSSR count). The maximum atomic E-state index is 14.1. The lowest BCUT2D eigenvalue weighted by Crippen LogP contribution is -2.07. The van der Waals surface area contributed by atoms with Gasteiger partial charge in [0, 0.05) is 52.5 Å². The van der Waals surface area contributed by atoms with Crippen LogP contribution in [0.1, 0.15) is 16.7 Å². The standard InChI is InChI=1S/C51H25F3N4S2/c52-51(53,54)30-17-18-31(29(23-30)26-55)28-24-43(57-41-13-5-1-9-32(41)36-19-21-38-34-11-3-7-15-45(34)59-49(38)47(36)57)40(27-56)44(25-28)58-42-14-6-2-10-33(42)37-20-22-39-35-12-4-8-16-46(35)60-50(39)48(37)58/h1-25H. The average Bonchev–Trinajstić information content (AvgIpc) is 4.03. The molecule has 0 saturated heterocycles. The van der Waals surface area contributed by atoms with E-state index in [-0.39, 0.29) is 5.56 Å². The maximum absolute atomic E-state index is 14.1. The van der Waals surface area contributed by atoms with Crippen molar-refractivity contribution in [2.75, 3.05) is 0 Å². The highest BCUT2D eigenvalue weighted by Gasteiger charge is 2.32. The second kappa shape index (κ2) is 12.5. The number of nitriles is 2. The summed E-state index contributed by atoms with van der Waals surface area (Å²) in [6.07, 6.45) is -4.64. The van der Waals surface area contributed by atoms with E-state index in [1.807, 2.05) is 72.8 Å². The van der Waals surface area contributed by atoms with Crippen LogP contribution in [0.25, 0.3) is 106 Å². The zero-order chi connectivity index (χ0) is 40.4. The Morgan fingerprint density at radius 1 is 0.467 bits per heavy atom. The lowest BCUT2D eigenvalue weighted by Gasteiger charge is -2.19. The van der Waals surface area contributed by atoms with E-state index in [0.717, 1.165) is 96.1 Å². The number of alkyl halides is 3. The Kier molecular flexibility index (Phi) is 7.23. The molecule has 8 aromatic carbocycles. The first kappa shape index (κ1) is 34.6. The summed E-state index contributed by atoms with van der Waals surface area (Å²) < 4.78 is 50.9. The van der Waals surface area contributed by atoms with Gasteiger partial charge >= 0.3 is 6.18 Å². The number of fused-ring (bicyclic) bond motifs is 14. The van der Waals surface area contributed by atoms with E-state index in [1.165, 1.54) is 6.07 Å². The molecular weight excluding hydrogens is 790 g/mol. The predicted molar refractivity (Wildman–Crippen MR) is 241 cm³/mol. The molecule has 0 amide bonds. The first-order chi connectivity index (χ1) is 29.3. The normalized spacial score (nSPS) is 12.2. The Bertz CT molecular complexity index is 3710. The molecule has 0 fully saturated rings. The third kappa shape index (κ3) is 4.76. The lowest BCUT2D eigenvalue weighted by atomic mass is 9.95. The Hall–Kier alpha value is -7.43. The van der Waals surface area contributed by atoms with Crippen molar-refractivity contribution in [3.63, 3.8) is 0 Å². The predicted octanol–water partition coefficient (Wildman–Crippen LogP) is 15.0. The number of aromatic nitrogens is 2. The van der Waals surface area contributed by atoms with Crippen molar-refractivity contribution < 1.29 is 13.2 Å². The van der Waals surface area contributed by atoms with Crippen LogP contribution in [-0.2, 0) is 6.18 Å². The molecule has 60 heavy (non-hydrogen) atoms. The molecule has 282 valence electrons. The smallest absolute Gasteiger partial charge is 0.306 e. The second-order valence-electron chi connectivity index (χ2n) is 14.9. The van der Waals surface area contributed by atoms with Gasteiger partial charge in [0.15, 0.2) is 0 Å². The second-order valence-corrected chi connectivity index (χ2v) is 17.1. The van der Waals surface area contributed by atoms with Crippen LogP contribution in [0.5, 0.6) is 0 Å². The van der Waals surface area contributed by atoms with Crippen molar-refractivity contribution >= 4 is 107 Å². The van der Waals surface area contributed by atoms with Crippen LogP contribution >= 0.6 is 22.7 Å². The van der Waals surface area contributed by atoms with Crippen molar-refractivity contribution in [1.82, 2.24) is 9.13 Å². The summed E-state index contributed by atoms with van der Waals surface area (Å²) >= 11 is 3.38. The van der Waals surface area contributed by atoms with Crippen LogP contribution in [-0.4, -0.2) is 9.13 Å². The van der Waals surface area contributed by atoms with Crippen molar-refractivity contribution in [1.29, 1.82) is 10.5 Å². The van der Waals surface area contributed by atoms with Gasteiger partial charge < -0.3 is 9.13 Å². The number of halogens is 3. The molecule has 0 spiro atoms. The van der Waals surface area contributed by atoms with Gasteiger partial charge in [0.25, 0.3) is 0 Å². The molecule has 12 aromatic rings. The summed E-state index contributed by atoms with van der Waals surface area (Å²) in [7, 11) is 0. The molecule has 4 heterocycles. The number of thiophene rings is 2. The first-order valence-corrected chi connectivity index (χ1v) is 20.8. The van der Waals surface area contributed by atoms with Crippen LogP contribution in [0.3, 0.4) is 0 Å². The van der Waals surface area contributed by atoms with Crippen molar-refractivity contribution in [3.8, 4) is 34.6 Å². The number of hydrogen-bond acceptors (Lipinski definition) is 4. The molecule has 0 N–H and O–H groups in total. The van der Waals surface area contributed by atoms with Gasteiger partial charge in [-0.05, 0) is 59.7 Å². The van der Waals surface area contributed by atoms with Crippen molar-refractivity contribution in [3.05, 3.63) is 168 Å². The molecule has 0 radical (unpaired) electrons. The zero-order valence-electron chi connectivity index (χ0n) is 31.2. The van der Waals surface area contributed by atoms with Gasteiger partial charge in [-0.25, -0.2) is 0 Å². The number of nitrogens with zero attached hydrogens (tertiary/aromatic N) is 4. The molecule has 9 heteroatoms. The average molecular weight is 815 g/mol. The lowest BCUT2D eigenvalue weighted by molar-refractivity contribution is -0.137.